The molecule has 0 aliphatic carbocycles. The van der Waals surface area contributed by atoms with Crippen LogP contribution in [0.25, 0.3) is 0 Å². The van der Waals surface area contributed by atoms with Gasteiger partial charge < -0.3 is 9.84 Å². The van der Waals surface area contributed by atoms with E-state index in [0.717, 1.165) is 5.56 Å². The number of aliphatic hydroxyl groups is 1. The molecule has 0 saturated carbocycles. The molecule has 1 aromatic rings. The fourth-order valence-corrected chi connectivity index (χ4v) is 1.63. The van der Waals surface area contributed by atoms with Crippen molar-refractivity contribution in [3.63, 3.8) is 0 Å². The van der Waals surface area contributed by atoms with Gasteiger partial charge in [-0.05, 0) is 18.1 Å². The quantitative estimate of drug-likeness (QED) is 0.841. The van der Waals surface area contributed by atoms with Gasteiger partial charge in [-0.3, -0.25) is 4.98 Å². The van der Waals surface area contributed by atoms with Gasteiger partial charge in [0.15, 0.2) is 0 Å². The van der Waals surface area contributed by atoms with Gasteiger partial charge in [-0.2, -0.15) is 0 Å². The predicted octanol–water partition coefficient (Wildman–Crippen LogP) is 2.06. The third-order valence-electron chi connectivity index (χ3n) is 2.45. The van der Waals surface area contributed by atoms with Crippen molar-refractivity contribution in [2.75, 3.05) is 13.7 Å². The molecule has 1 rings (SSSR count). The van der Waals surface area contributed by atoms with Crippen molar-refractivity contribution in [2.24, 2.45) is 0 Å². The average molecular weight is 230 g/mol. The molecule has 15 heavy (non-hydrogen) atoms. The lowest BCUT2D eigenvalue weighted by molar-refractivity contribution is -0.0333. The van der Waals surface area contributed by atoms with E-state index >= 15 is 0 Å². The van der Waals surface area contributed by atoms with Crippen molar-refractivity contribution in [1.82, 2.24) is 4.98 Å². The fraction of sp³-hybridized carbons (Fsp3) is 0.545. The van der Waals surface area contributed by atoms with Crippen molar-refractivity contribution in [3.8, 4) is 0 Å². The van der Waals surface area contributed by atoms with Gasteiger partial charge in [0.25, 0.3) is 0 Å². The first-order chi connectivity index (χ1) is 7.11. The van der Waals surface area contributed by atoms with Gasteiger partial charge in [0.2, 0.25) is 0 Å². The highest BCUT2D eigenvalue weighted by molar-refractivity contribution is 6.31. The van der Waals surface area contributed by atoms with E-state index in [9.17, 15) is 5.11 Å². The average Bonchev–Trinajstić information content (AvgIpc) is 2.22. The summed E-state index contributed by atoms with van der Waals surface area (Å²) >= 11 is 5.97. The molecular formula is C11H16ClNO2. The van der Waals surface area contributed by atoms with E-state index < -0.39 is 5.60 Å². The maximum atomic E-state index is 10.2. The zero-order chi connectivity index (χ0) is 11.3. The number of aromatic nitrogens is 1. The molecule has 0 aliphatic rings. The zero-order valence-electron chi connectivity index (χ0n) is 9.03. The highest BCUT2D eigenvalue weighted by Gasteiger charge is 2.25. The lowest BCUT2D eigenvalue weighted by Gasteiger charge is -2.26. The standard InChI is InChI=1S/C11H16ClNO2/c1-3-11(14,8-15-2)6-9-4-5-13-7-10(9)12/h4-5,7,14H,3,6,8H2,1-2H3. The molecule has 1 N–H and O–H groups in total. The molecule has 1 unspecified atom stereocenters. The van der Waals surface area contributed by atoms with Gasteiger partial charge in [-0.15, -0.1) is 0 Å². The molecule has 0 bridgehead atoms. The van der Waals surface area contributed by atoms with Crippen LogP contribution in [0.5, 0.6) is 0 Å². The molecule has 1 heterocycles. The summed E-state index contributed by atoms with van der Waals surface area (Å²) in [6.07, 6.45) is 4.36. The van der Waals surface area contributed by atoms with E-state index in [4.69, 9.17) is 16.3 Å². The van der Waals surface area contributed by atoms with Crippen LogP contribution < -0.4 is 0 Å². The van der Waals surface area contributed by atoms with Crippen LogP contribution in [-0.4, -0.2) is 29.4 Å². The molecule has 3 nitrogen and oxygen atoms in total. The van der Waals surface area contributed by atoms with E-state index in [-0.39, 0.29) is 0 Å². The molecule has 0 fully saturated rings. The summed E-state index contributed by atoms with van der Waals surface area (Å²) in [5.74, 6) is 0. The first kappa shape index (κ1) is 12.4. The monoisotopic (exact) mass is 229 g/mol. The van der Waals surface area contributed by atoms with Crippen LogP contribution in [0, 0.1) is 0 Å². The van der Waals surface area contributed by atoms with Crippen molar-refractivity contribution in [2.45, 2.75) is 25.4 Å². The molecular weight excluding hydrogens is 214 g/mol. The minimum Gasteiger partial charge on any atom is -0.387 e. The Morgan fingerprint density at radius 2 is 2.33 bits per heavy atom. The molecule has 1 aromatic heterocycles. The molecule has 0 radical (unpaired) electrons. The second kappa shape index (κ2) is 5.45. The van der Waals surface area contributed by atoms with Crippen LogP contribution in [0.1, 0.15) is 18.9 Å². The van der Waals surface area contributed by atoms with Crippen LogP contribution >= 0.6 is 11.6 Å². The summed E-state index contributed by atoms with van der Waals surface area (Å²) in [5, 5.41) is 10.8. The summed E-state index contributed by atoms with van der Waals surface area (Å²) in [4.78, 5) is 3.90. The maximum absolute atomic E-state index is 10.2. The third kappa shape index (κ3) is 3.45. The van der Waals surface area contributed by atoms with Crippen LogP contribution in [0.4, 0.5) is 0 Å². The molecule has 4 heteroatoms. The second-order valence-corrected chi connectivity index (χ2v) is 4.06. The van der Waals surface area contributed by atoms with Gasteiger partial charge in [-0.25, -0.2) is 0 Å². The molecule has 0 spiro atoms. The normalized spacial score (nSPS) is 14.9. The predicted molar refractivity (Wildman–Crippen MR) is 60.1 cm³/mol. The van der Waals surface area contributed by atoms with Crippen molar-refractivity contribution < 1.29 is 9.84 Å². The first-order valence-corrected chi connectivity index (χ1v) is 5.29. The number of hydrogen-bond acceptors (Lipinski definition) is 3. The summed E-state index contributed by atoms with van der Waals surface area (Å²) in [7, 11) is 1.58. The van der Waals surface area contributed by atoms with E-state index in [1.807, 2.05) is 13.0 Å². The summed E-state index contributed by atoms with van der Waals surface area (Å²) < 4.78 is 5.00. The second-order valence-electron chi connectivity index (χ2n) is 3.65. The Bertz CT molecular complexity index is 319. The number of methoxy groups -OCH3 is 1. The Morgan fingerprint density at radius 3 is 2.87 bits per heavy atom. The Morgan fingerprint density at radius 1 is 1.60 bits per heavy atom. The number of rotatable bonds is 5. The minimum atomic E-state index is -0.847. The zero-order valence-corrected chi connectivity index (χ0v) is 9.79. The van der Waals surface area contributed by atoms with Crippen LogP contribution in [0.2, 0.25) is 5.02 Å². The van der Waals surface area contributed by atoms with Crippen molar-refractivity contribution >= 4 is 11.6 Å². The molecule has 1 atom stereocenters. The lowest BCUT2D eigenvalue weighted by atomic mass is 9.93. The Kier molecular flexibility index (Phi) is 4.51. The molecule has 0 amide bonds. The van der Waals surface area contributed by atoms with Crippen LogP contribution in [0.15, 0.2) is 18.5 Å². The van der Waals surface area contributed by atoms with E-state index in [1.165, 1.54) is 0 Å². The Labute approximate surface area is 95.1 Å². The van der Waals surface area contributed by atoms with Gasteiger partial charge >= 0.3 is 0 Å². The molecule has 0 aliphatic heterocycles. The third-order valence-corrected chi connectivity index (χ3v) is 2.79. The Balaban J connectivity index is 2.79. The highest BCUT2D eigenvalue weighted by Crippen LogP contribution is 2.22. The van der Waals surface area contributed by atoms with E-state index in [2.05, 4.69) is 4.98 Å². The molecule has 0 saturated heterocycles. The van der Waals surface area contributed by atoms with E-state index in [1.54, 1.807) is 19.5 Å². The fourth-order valence-electron chi connectivity index (χ4n) is 1.45. The van der Waals surface area contributed by atoms with Gasteiger partial charge in [-0.1, -0.05) is 18.5 Å². The first-order valence-electron chi connectivity index (χ1n) is 4.91. The molecule has 0 aromatic carbocycles. The number of pyridine rings is 1. The summed E-state index contributed by atoms with van der Waals surface area (Å²) in [5.41, 5.74) is 0.0489. The lowest BCUT2D eigenvalue weighted by Crippen LogP contribution is -2.36. The number of hydrogen-bond donors (Lipinski definition) is 1. The summed E-state index contributed by atoms with van der Waals surface area (Å²) in [6.45, 7) is 2.23. The topological polar surface area (TPSA) is 42.4 Å². The van der Waals surface area contributed by atoms with Crippen molar-refractivity contribution in [3.05, 3.63) is 29.0 Å². The maximum Gasteiger partial charge on any atom is 0.0918 e. The highest BCUT2D eigenvalue weighted by atomic mass is 35.5. The van der Waals surface area contributed by atoms with E-state index in [0.29, 0.717) is 24.5 Å². The number of ether oxygens (including phenoxy) is 1. The number of halogens is 1. The van der Waals surface area contributed by atoms with Crippen molar-refractivity contribution in [1.29, 1.82) is 0 Å². The smallest absolute Gasteiger partial charge is 0.0918 e. The number of nitrogens with zero attached hydrogens (tertiary/aromatic N) is 1. The molecule has 84 valence electrons. The minimum absolute atomic E-state index is 0.308. The van der Waals surface area contributed by atoms with Crippen LogP contribution in [-0.2, 0) is 11.2 Å². The summed E-state index contributed by atoms with van der Waals surface area (Å²) in [6, 6.07) is 1.82. The van der Waals surface area contributed by atoms with Gasteiger partial charge in [0.05, 0.1) is 17.2 Å². The Hall–Kier alpha value is -0.640. The van der Waals surface area contributed by atoms with Gasteiger partial charge in [0, 0.05) is 25.9 Å². The largest absolute Gasteiger partial charge is 0.387 e. The SMILES string of the molecule is CCC(O)(COC)Cc1ccncc1Cl. The van der Waals surface area contributed by atoms with Crippen LogP contribution in [0.3, 0.4) is 0 Å². The van der Waals surface area contributed by atoms with Gasteiger partial charge in [0.1, 0.15) is 0 Å².